The number of nitrogens with one attached hydrogen (secondary N) is 2. The number of rotatable bonds is 11. The molecule has 1 saturated heterocycles. The van der Waals surface area contributed by atoms with Gasteiger partial charge in [-0.15, -0.1) is 0 Å². The lowest BCUT2D eigenvalue weighted by Crippen LogP contribution is -2.57. The van der Waals surface area contributed by atoms with E-state index >= 15 is 0 Å². The van der Waals surface area contributed by atoms with Gasteiger partial charge < -0.3 is 30.9 Å². The molecule has 2 aliphatic heterocycles. The lowest BCUT2D eigenvalue weighted by Gasteiger charge is -2.37. The quantitative estimate of drug-likeness (QED) is 0.233. The highest BCUT2D eigenvalue weighted by Crippen LogP contribution is 2.27. The van der Waals surface area contributed by atoms with E-state index in [1.807, 2.05) is 32.2 Å². The average Bonchev–Trinajstić information content (AvgIpc) is 3.28. The molecule has 242 valence electrons. The minimum atomic E-state index is -3.06. The summed E-state index contributed by atoms with van der Waals surface area (Å²) < 4.78 is 39.9. The van der Waals surface area contributed by atoms with Crippen molar-refractivity contribution < 1.29 is 28.2 Å². The molecule has 1 fully saturated rings. The summed E-state index contributed by atoms with van der Waals surface area (Å²) in [6.45, 7) is 2.72. The van der Waals surface area contributed by atoms with E-state index in [4.69, 9.17) is 15.2 Å². The van der Waals surface area contributed by atoms with Crippen LogP contribution >= 0.6 is 0 Å². The Hall–Kier alpha value is -4.11. The normalized spacial score (nSPS) is 19.5. The second kappa shape index (κ2) is 13.9. The van der Waals surface area contributed by atoms with Crippen molar-refractivity contribution in [2.75, 3.05) is 26.2 Å². The number of carbonyl (C=O) groups excluding carboxylic acids is 1. The SMILES string of the molecule is CC(C)[C@H](N)C(=O)OCc1ccc(OC(F)F)c(Cn2c3cc(C4=CNC(N5CCN[C@H](CO)C5)N=C4)ccc3c(=O)n2C)c1. The van der Waals surface area contributed by atoms with Crippen molar-refractivity contribution in [1.82, 2.24) is 24.9 Å². The summed E-state index contributed by atoms with van der Waals surface area (Å²) in [5, 5.41) is 16.6. The minimum Gasteiger partial charge on any atom is -0.460 e. The number of halogens is 2. The molecule has 5 N–H and O–H groups in total. The number of alkyl halides is 2. The fraction of sp³-hybridized carbons (Fsp3) is 0.452. The van der Waals surface area contributed by atoms with E-state index in [1.54, 1.807) is 36.1 Å². The first-order chi connectivity index (χ1) is 21.5. The maximum atomic E-state index is 13.3. The second-order valence-corrected chi connectivity index (χ2v) is 11.6. The molecule has 14 heteroatoms. The van der Waals surface area contributed by atoms with Gasteiger partial charge in [0.2, 0.25) is 0 Å². The number of aliphatic hydroxyl groups excluding tert-OH is 1. The number of aliphatic hydroxyl groups is 1. The molecule has 3 heterocycles. The van der Waals surface area contributed by atoms with Crippen LogP contribution in [-0.2, 0) is 29.7 Å². The van der Waals surface area contributed by atoms with Gasteiger partial charge in [-0.05, 0) is 41.3 Å². The smallest absolute Gasteiger partial charge is 0.387 e. The van der Waals surface area contributed by atoms with E-state index in [0.29, 0.717) is 28.6 Å². The van der Waals surface area contributed by atoms with Crippen LogP contribution < -0.4 is 26.7 Å². The highest BCUT2D eigenvalue weighted by molar-refractivity contribution is 6.11. The van der Waals surface area contributed by atoms with Gasteiger partial charge in [-0.25, -0.2) is 0 Å². The molecule has 5 rings (SSSR count). The van der Waals surface area contributed by atoms with Gasteiger partial charge in [0.05, 0.1) is 24.1 Å². The Morgan fingerprint density at radius 1 is 1.22 bits per heavy atom. The maximum Gasteiger partial charge on any atom is 0.387 e. The molecule has 2 aromatic carbocycles. The van der Waals surface area contributed by atoms with Crippen molar-refractivity contribution >= 4 is 28.7 Å². The van der Waals surface area contributed by atoms with Crippen LogP contribution in [0, 0.1) is 5.92 Å². The Morgan fingerprint density at radius 3 is 2.71 bits per heavy atom. The number of hydrogen-bond donors (Lipinski definition) is 4. The van der Waals surface area contributed by atoms with Gasteiger partial charge >= 0.3 is 12.6 Å². The molecular weight excluding hydrogens is 588 g/mol. The molecule has 45 heavy (non-hydrogen) atoms. The van der Waals surface area contributed by atoms with Gasteiger partial charge in [-0.1, -0.05) is 26.0 Å². The molecule has 0 radical (unpaired) electrons. The van der Waals surface area contributed by atoms with Crippen molar-refractivity contribution in [3.05, 3.63) is 69.6 Å². The topological polar surface area (TPSA) is 148 Å². The zero-order chi connectivity index (χ0) is 32.2. The summed E-state index contributed by atoms with van der Waals surface area (Å²) in [5.74, 6) is -0.727. The fourth-order valence-corrected chi connectivity index (χ4v) is 5.43. The number of nitrogens with two attached hydrogens (primary N) is 1. The third-order valence-corrected chi connectivity index (χ3v) is 8.12. The van der Waals surface area contributed by atoms with Gasteiger partial charge in [0.25, 0.3) is 5.56 Å². The zero-order valence-corrected chi connectivity index (χ0v) is 25.5. The van der Waals surface area contributed by atoms with Gasteiger partial charge in [0.1, 0.15) is 18.4 Å². The van der Waals surface area contributed by atoms with E-state index in [0.717, 1.165) is 24.2 Å². The van der Waals surface area contributed by atoms with Crippen molar-refractivity contribution in [3.63, 3.8) is 0 Å². The first kappa shape index (κ1) is 32.3. The number of esters is 1. The lowest BCUT2D eigenvalue weighted by molar-refractivity contribution is -0.147. The Morgan fingerprint density at radius 2 is 2.02 bits per heavy atom. The Balaban J connectivity index is 1.41. The summed E-state index contributed by atoms with van der Waals surface area (Å²) >= 11 is 0. The lowest BCUT2D eigenvalue weighted by atomic mass is 10.1. The Bertz CT molecular complexity index is 1650. The third-order valence-electron chi connectivity index (χ3n) is 8.12. The maximum absolute atomic E-state index is 13.3. The van der Waals surface area contributed by atoms with Crippen LogP contribution in [0.15, 0.2) is 52.4 Å². The van der Waals surface area contributed by atoms with Crippen LogP contribution in [0.4, 0.5) is 8.78 Å². The monoisotopic (exact) mass is 627 g/mol. The summed E-state index contributed by atoms with van der Waals surface area (Å²) in [6.07, 6.45) is 3.38. The van der Waals surface area contributed by atoms with Gasteiger partial charge in [-0.2, -0.15) is 8.78 Å². The number of aromatic nitrogens is 2. The van der Waals surface area contributed by atoms with Crippen molar-refractivity contribution in [2.24, 2.45) is 23.7 Å². The molecular formula is C31H39F2N7O5. The van der Waals surface area contributed by atoms with Crippen LogP contribution in [-0.4, -0.2) is 82.8 Å². The van der Waals surface area contributed by atoms with E-state index in [9.17, 15) is 23.5 Å². The number of allylic oxidation sites excluding steroid dienone is 1. The largest absolute Gasteiger partial charge is 0.460 e. The van der Waals surface area contributed by atoms with Crippen LogP contribution in [0.3, 0.4) is 0 Å². The predicted octanol–water partition coefficient (Wildman–Crippen LogP) is 1.58. The number of benzene rings is 2. The summed E-state index contributed by atoms with van der Waals surface area (Å²) in [7, 11) is 1.61. The molecule has 1 unspecified atom stereocenters. The van der Waals surface area contributed by atoms with Crippen LogP contribution in [0.25, 0.3) is 16.5 Å². The number of hydrogen-bond acceptors (Lipinski definition) is 10. The number of ether oxygens (including phenoxy) is 2. The summed E-state index contributed by atoms with van der Waals surface area (Å²) in [6, 6.07) is 9.18. The molecule has 1 aromatic heterocycles. The Labute approximate surface area is 259 Å². The summed E-state index contributed by atoms with van der Waals surface area (Å²) in [4.78, 5) is 32.3. The number of aliphatic imine (C=N–C) groups is 1. The van der Waals surface area contributed by atoms with Gasteiger partial charge in [0.15, 0.2) is 6.29 Å². The van der Waals surface area contributed by atoms with Gasteiger partial charge in [-0.3, -0.25) is 28.8 Å². The standard InChI is InChI=1S/C31H39F2N7O5/c1-18(2)27(34)29(43)44-17-19-4-7-26(45-30(32)33)21(10-19)14-40-25-11-20(5-6-24(25)28(42)38(40)3)22-12-36-31(37-13-22)39-9-8-35-23(15-39)16-41/h4-7,10-13,18,23,27,30-31,35-36,41H,8-9,14-17,34H2,1-3H3/t23-,27-,31?/m0/s1. The zero-order valence-electron chi connectivity index (χ0n) is 25.5. The van der Waals surface area contributed by atoms with Crippen LogP contribution in [0.2, 0.25) is 0 Å². The highest BCUT2D eigenvalue weighted by Gasteiger charge is 2.26. The number of carbonyl (C=O) groups is 1. The third kappa shape index (κ3) is 7.25. The number of nitrogens with zero attached hydrogens (tertiary/aromatic N) is 4. The molecule has 0 aliphatic carbocycles. The van der Waals surface area contributed by atoms with Crippen LogP contribution in [0.1, 0.15) is 30.5 Å². The molecule has 0 spiro atoms. The molecule has 12 nitrogen and oxygen atoms in total. The molecule has 0 bridgehead atoms. The van der Waals surface area contributed by atoms with E-state index in [1.165, 1.54) is 10.7 Å². The van der Waals surface area contributed by atoms with Crippen molar-refractivity contribution in [1.29, 1.82) is 0 Å². The molecule has 3 atom stereocenters. The Kier molecular flexibility index (Phi) is 9.97. The molecule has 0 saturated carbocycles. The average molecular weight is 628 g/mol. The van der Waals surface area contributed by atoms with E-state index < -0.39 is 18.6 Å². The fourth-order valence-electron chi connectivity index (χ4n) is 5.43. The summed E-state index contributed by atoms with van der Waals surface area (Å²) in [5.41, 5.74) is 8.75. The molecule has 2 aliphatic rings. The van der Waals surface area contributed by atoms with Crippen molar-refractivity contribution in [2.45, 2.75) is 52.0 Å². The van der Waals surface area contributed by atoms with E-state index in [-0.39, 0.29) is 49.3 Å². The number of piperazine rings is 1. The predicted molar refractivity (Wildman–Crippen MR) is 166 cm³/mol. The number of fused-ring (bicyclic) bond motifs is 1. The van der Waals surface area contributed by atoms with Crippen molar-refractivity contribution in [3.8, 4) is 5.75 Å². The minimum absolute atomic E-state index is 0.0103. The molecule has 3 aromatic rings. The van der Waals surface area contributed by atoms with Gasteiger partial charge in [0, 0.05) is 56.3 Å². The molecule has 0 amide bonds. The van der Waals surface area contributed by atoms with E-state index in [2.05, 4.69) is 20.5 Å². The first-order valence-electron chi connectivity index (χ1n) is 14.8. The highest BCUT2D eigenvalue weighted by atomic mass is 19.3. The second-order valence-electron chi connectivity index (χ2n) is 11.6. The van der Waals surface area contributed by atoms with Crippen LogP contribution in [0.5, 0.6) is 5.75 Å². The first-order valence-corrected chi connectivity index (χ1v) is 14.8.